The molecule has 1 unspecified atom stereocenters. The van der Waals surface area contributed by atoms with Gasteiger partial charge in [0.15, 0.2) is 0 Å². The van der Waals surface area contributed by atoms with Gasteiger partial charge in [-0.05, 0) is 113 Å². The number of benzene rings is 1. The molecule has 0 spiro atoms. The molecular formula is C20H20FI2N3. The van der Waals surface area contributed by atoms with Gasteiger partial charge in [-0.2, -0.15) is 0 Å². The van der Waals surface area contributed by atoms with Gasteiger partial charge in [0.05, 0.1) is 5.52 Å². The predicted octanol–water partition coefficient (Wildman–Crippen LogP) is 6.38. The molecule has 1 aromatic carbocycles. The van der Waals surface area contributed by atoms with Crippen molar-refractivity contribution in [1.29, 1.82) is 0 Å². The number of imidazole rings is 1. The zero-order valence-electron chi connectivity index (χ0n) is 14.5. The first kappa shape index (κ1) is 18.6. The van der Waals surface area contributed by atoms with E-state index in [0.717, 1.165) is 37.0 Å². The van der Waals surface area contributed by atoms with E-state index in [2.05, 4.69) is 73.1 Å². The lowest BCUT2D eigenvalue weighted by atomic mass is 9.73. The van der Waals surface area contributed by atoms with E-state index in [1.54, 1.807) is 12.1 Å². The summed E-state index contributed by atoms with van der Waals surface area (Å²) in [5.41, 5.74) is 2.14. The van der Waals surface area contributed by atoms with Crippen molar-refractivity contribution in [2.24, 2.45) is 5.92 Å². The maximum Gasteiger partial charge on any atom is 0.133 e. The van der Waals surface area contributed by atoms with E-state index in [0.29, 0.717) is 17.8 Å². The Bertz CT molecular complexity index is 912. The summed E-state index contributed by atoms with van der Waals surface area (Å²) in [5.74, 6) is 2.51. The molecule has 1 aliphatic carbocycles. The van der Waals surface area contributed by atoms with Crippen LogP contribution in [-0.2, 0) is 0 Å². The summed E-state index contributed by atoms with van der Waals surface area (Å²) < 4.78 is 15.9. The number of pyridine rings is 1. The molecule has 0 aliphatic heterocycles. The second-order valence-corrected chi connectivity index (χ2v) is 9.29. The van der Waals surface area contributed by atoms with E-state index in [1.165, 1.54) is 24.5 Å². The minimum atomic E-state index is -0.184. The van der Waals surface area contributed by atoms with Crippen molar-refractivity contribution in [3.63, 3.8) is 0 Å². The fraction of sp³-hybridized carbons (Fsp3) is 0.400. The van der Waals surface area contributed by atoms with Gasteiger partial charge in [-0.25, -0.2) is 9.37 Å². The van der Waals surface area contributed by atoms with E-state index in [4.69, 9.17) is 0 Å². The van der Waals surface area contributed by atoms with Gasteiger partial charge in [0.1, 0.15) is 19.0 Å². The van der Waals surface area contributed by atoms with Gasteiger partial charge in [0.25, 0.3) is 0 Å². The molecule has 0 saturated heterocycles. The van der Waals surface area contributed by atoms with Gasteiger partial charge < -0.3 is 4.98 Å². The molecule has 2 heterocycles. The third-order valence-corrected chi connectivity index (χ3v) is 8.32. The molecule has 136 valence electrons. The lowest BCUT2D eigenvalue weighted by molar-refractivity contribution is 0.286. The zero-order chi connectivity index (χ0) is 18.3. The van der Waals surface area contributed by atoms with E-state index in [9.17, 15) is 4.39 Å². The molecule has 0 bridgehead atoms. The van der Waals surface area contributed by atoms with Crippen LogP contribution in [0.5, 0.6) is 0 Å². The van der Waals surface area contributed by atoms with E-state index < -0.39 is 0 Å². The lowest BCUT2D eigenvalue weighted by Crippen LogP contribution is -2.19. The molecule has 1 saturated carbocycles. The van der Waals surface area contributed by atoms with E-state index >= 15 is 0 Å². The first-order chi connectivity index (χ1) is 12.5. The van der Waals surface area contributed by atoms with Crippen LogP contribution in [0, 0.1) is 19.1 Å². The van der Waals surface area contributed by atoms with Gasteiger partial charge >= 0.3 is 0 Å². The molecule has 26 heavy (non-hydrogen) atoms. The van der Waals surface area contributed by atoms with Crippen molar-refractivity contribution in [1.82, 2.24) is 15.0 Å². The molecule has 1 aliphatic rings. The second-order valence-electron chi connectivity index (χ2n) is 7.19. The summed E-state index contributed by atoms with van der Waals surface area (Å²) in [4.78, 5) is 12.5. The molecule has 3 nitrogen and oxygen atoms in total. The van der Waals surface area contributed by atoms with Crippen LogP contribution in [0.25, 0.3) is 10.9 Å². The highest BCUT2D eigenvalue weighted by atomic mass is 127. The molecule has 3 aromatic rings. The van der Waals surface area contributed by atoms with E-state index in [-0.39, 0.29) is 5.82 Å². The monoisotopic (exact) mass is 575 g/mol. The smallest absolute Gasteiger partial charge is 0.133 e. The Morgan fingerprint density at radius 3 is 2.62 bits per heavy atom. The number of nitrogens with one attached hydrogen (secondary N) is 1. The van der Waals surface area contributed by atoms with Gasteiger partial charge in [0.2, 0.25) is 0 Å². The standard InChI is InChI=1S/C20H20FI2N3/c1-11(20-25-18(22)19(23)26-20)12-2-4-13(5-3-12)15-8-9-24-17-7-6-14(21)10-16(15)17/h6-13H,2-5H2,1H3,(H,25,26). The minimum Gasteiger partial charge on any atom is -0.336 e. The lowest BCUT2D eigenvalue weighted by Gasteiger charge is -2.32. The summed E-state index contributed by atoms with van der Waals surface area (Å²) >= 11 is 4.59. The Labute approximate surface area is 179 Å². The molecule has 1 atom stereocenters. The Morgan fingerprint density at radius 2 is 1.92 bits per heavy atom. The number of aromatic amines is 1. The van der Waals surface area contributed by atoms with Crippen molar-refractivity contribution >= 4 is 56.1 Å². The van der Waals surface area contributed by atoms with Crippen molar-refractivity contribution in [2.45, 2.75) is 44.4 Å². The highest BCUT2D eigenvalue weighted by Gasteiger charge is 2.29. The SMILES string of the molecule is CC(c1nc(I)c(I)[nH]1)C1CCC(c2ccnc3ccc(F)cc23)CC1. The van der Waals surface area contributed by atoms with Crippen LogP contribution in [0.4, 0.5) is 4.39 Å². The van der Waals surface area contributed by atoms with Crippen LogP contribution in [0.15, 0.2) is 30.5 Å². The first-order valence-corrected chi connectivity index (χ1v) is 11.1. The molecule has 1 N–H and O–H groups in total. The maximum absolute atomic E-state index is 13.7. The van der Waals surface area contributed by atoms with Crippen molar-refractivity contribution < 1.29 is 4.39 Å². The summed E-state index contributed by atoms with van der Waals surface area (Å²) in [7, 11) is 0. The highest BCUT2D eigenvalue weighted by Crippen LogP contribution is 2.42. The fourth-order valence-electron chi connectivity index (χ4n) is 4.21. The molecule has 1 fully saturated rings. The van der Waals surface area contributed by atoms with Gasteiger partial charge in [-0.3, -0.25) is 4.98 Å². The molecule has 2 aromatic heterocycles. The highest BCUT2D eigenvalue weighted by molar-refractivity contribution is 14.1. The number of nitrogens with zero attached hydrogens (tertiary/aromatic N) is 2. The summed E-state index contributed by atoms with van der Waals surface area (Å²) in [5, 5.41) is 0.971. The first-order valence-electron chi connectivity index (χ1n) is 8.98. The summed E-state index contributed by atoms with van der Waals surface area (Å²) in [6.07, 6.45) is 6.49. The third-order valence-electron chi connectivity index (χ3n) is 5.72. The normalized spacial score (nSPS) is 21.8. The van der Waals surface area contributed by atoms with Crippen LogP contribution in [0.3, 0.4) is 0 Å². The quantitative estimate of drug-likeness (QED) is 0.369. The topological polar surface area (TPSA) is 41.6 Å². The number of H-pyrrole nitrogens is 1. The Hall–Kier alpha value is -0.770. The third kappa shape index (κ3) is 3.63. The number of hydrogen-bond acceptors (Lipinski definition) is 2. The van der Waals surface area contributed by atoms with Crippen LogP contribution in [0.2, 0.25) is 0 Å². The maximum atomic E-state index is 13.7. The van der Waals surface area contributed by atoms with Crippen molar-refractivity contribution in [2.75, 3.05) is 0 Å². The summed E-state index contributed by atoms with van der Waals surface area (Å²) in [6, 6.07) is 6.98. The Kier molecular flexibility index (Phi) is 5.50. The fourth-order valence-corrected chi connectivity index (χ4v) is 5.00. The number of fused-ring (bicyclic) bond motifs is 1. The molecule has 0 amide bonds. The summed E-state index contributed by atoms with van der Waals surface area (Å²) in [6.45, 7) is 2.28. The van der Waals surface area contributed by atoms with Gasteiger partial charge in [-0.15, -0.1) is 0 Å². The van der Waals surface area contributed by atoms with Crippen LogP contribution < -0.4 is 0 Å². The van der Waals surface area contributed by atoms with Crippen molar-refractivity contribution in [3.05, 3.63) is 55.1 Å². The second kappa shape index (κ2) is 7.69. The number of hydrogen-bond donors (Lipinski definition) is 1. The van der Waals surface area contributed by atoms with Crippen LogP contribution >= 0.6 is 45.2 Å². The van der Waals surface area contributed by atoms with Gasteiger partial charge in [0, 0.05) is 17.5 Å². The van der Waals surface area contributed by atoms with Crippen LogP contribution in [-0.4, -0.2) is 15.0 Å². The molecule has 4 rings (SSSR count). The Balaban J connectivity index is 1.51. The molecular weight excluding hydrogens is 555 g/mol. The number of aromatic nitrogens is 3. The van der Waals surface area contributed by atoms with E-state index in [1.807, 2.05) is 6.20 Å². The average Bonchev–Trinajstić information content (AvgIpc) is 2.99. The van der Waals surface area contributed by atoms with Crippen LogP contribution in [0.1, 0.15) is 55.8 Å². The predicted molar refractivity (Wildman–Crippen MR) is 119 cm³/mol. The number of halogens is 3. The minimum absolute atomic E-state index is 0.184. The molecule has 0 radical (unpaired) electrons. The van der Waals surface area contributed by atoms with Gasteiger partial charge in [-0.1, -0.05) is 6.92 Å². The molecule has 6 heteroatoms. The largest absolute Gasteiger partial charge is 0.336 e. The average molecular weight is 575 g/mol. The van der Waals surface area contributed by atoms with Crippen molar-refractivity contribution in [3.8, 4) is 0 Å². The Morgan fingerprint density at radius 1 is 1.15 bits per heavy atom. The zero-order valence-corrected chi connectivity index (χ0v) is 18.8. The number of rotatable bonds is 3.